The molecule has 0 saturated heterocycles. The number of nitrogens with one attached hydrogen (secondary N) is 1. The first-order valence-corrected chi connectivity index (χ1v) is 11.0. The van der Waals surface area contributed by atoms with Crippen molar-refractivity contribution in [1.82, 2.24) is 25.0 Å². The molecule has 1 N–H and O–H groups in total. The summed E-state index contributed by atoms with van der Waals surface area (Å²) in [5.74, 6) is 0.707. The topological polar surface area (TPSA) is 81.5 Å². The Morgan fingerprint density at radius 2 is 1.79 bits per heavy atom. The quantitative estimate of drug-likeness (QED) is 0.570. The van der Waals surface area contributed by atoms with Gasteiger partial charge in [0.05, 0.1) is 25.8 Å². The fourth-order valence-corrected chi connectivity index (χ4v) is 4.09. The van der Waals surface area contributed by atoms with Crippen LogP contribution in [0.1, 0.15) is 40.5 Å². The standard InChI is InChI=1S/C24H27F2N5O3/c1-15(27-24(32)20-12-17(25)4-5-21(20)26)23-29-28-22-6-7-30(8-9-31(22)23)14-16-10-18(33-2)13-19(11-16)34-3/h4-5,10-13,15H,6-9,14H2,1-3H3,(H,27,32)/t15-/m1/s1. The van der Waals surface area contributed by atoms with Crippen molar-refractivity contribution in [2.24, 2.45) is 0 Å². The largest absolute Gasteiger partial charge is 0.497 e. The highest BCUT2D eigenvalue weighted by atomic mass is 19.1. The molecule has 1 aliphatic heterocycles. The Labute approximate surface area is 196 Å². The first kappa shape index (κ1) is 23.6. The number of nitrogens with zero attached hydrogens (tertiary/aromatic N) is 4. The Hall–Kier alpha value is -3.53. The van der Waals surface area contributed by atoms with Crippen molar-refractivity contribution in [1.29, 1.82) is 0 Å². The van der Waals surface area contributed by atoms with Crippen molar-refractivity contribution in [2.75, 3.05) is 27.3 Å². The minimum Gasteiger partial charge on any atom is -0.497 e. The number of fused-ring (bicyclic) bond motifs is 1. The Bertz CT molecular complexity index is 1160. The molecule has 4 rings (SSSR count). The lowest BCUT2D eigenvalue weighted by Crippen LogP contribution is -2.30. The van der Waals surface area contributed by atoms with Gasteiger partial charge in [-0.15, -0.1) is 10.2 Å². The van der Waals surface area contributed by atoms with Crippen LogP contribution in [0.3, 0.4) is 0 Å². The minimum atomic E-state index is -0.781. The lowest BCUT2D eigenvalue weighted by Gasteiger charge is -2.21. The first-order valence-electron chi connectivity index (χ1n) is 11.0. The highest BCUT2D eigenvalue weighted by molar-refractivity contribution is 5.94. The number of amides is 1. The molecule has 1 aromatic heterocycles. The summed E-state index contributed by atoms with van der Waals surface area (Å²) in [6, 6.07) is 8.07. The van der Waals surface area contributed by atoms with Crippen molar-refractivity contribution < 1.29 is 23.0 Å². The molecule has 0 fully saturated rings. The Morgan fingerprint density at radius 3 is 2.50 bits per heavy atom. The van der Waals surface area contributed by atoms with Crippen LogP contribution in [0, 0.1) is 11.6 Å². The van der Waals surface area contributed by atoms with Gasteiger partial charge in [0.25, 0.3) is 5.91 Å². The maximum atomic E-state index is 14.0. The van der Waals surface area contributed by atoms with E-state index in [9.17, 15) is 13.6 Å². The van der Waals surface area contributed by atoms with E-state index in [1.54, 1.807) is 21.1 Å². The monoisotopic (exact) mass is 471 g/mol. The molecule has 3 aromatic rings. The second-order valence-corrected chi connectivity index (χ2v) is 8.19. The van der Waals surface area contributed by atoms with Crippen molar-refractivity contribution in [3.63, 3.8) is 0 Å². The van der Waals surface area contributed by atoms with Gasteiger partial charge in [-0.1, -0.05) is 0 Å². The number of hydrogen-bond acceptors (Lipinski definition) is 6. The molecular formula is C24H27F2N5O3. The molecule has 2 heterocycles. The van der Waals surface area contributed by atoms with Crippen molar-refractivity contribution in [3.8, 4) is 11.5 Å². The van der Waals surface area contributed by atoms with Gasteiger partial charge in [-0.05, 0) is 42.8 Å². The number of halogens is 2. The van der Waals surface area contributed by atoms with E-state index in [0.29, 0.717) is 25.3 Å². The molecule has 0 unspecified atom stereocenters. The summed E-state index contributed by atoms with van der Waals surface area (Å²) in [5.41, 5.74) is 0.731. The third kappa shape index (κ3) is 5.17. The second-order valence-electron chi connectivity index (χ2n) is 8.19. The third-order valence-electron chi connectivity index (χ3n) is 5.87. The van der Waals surface area contributed by atoms with Crippen LogP contribution in [0.4, 0.5) is 8.78 Å². The maximum Gasteiger partial charge on any atom is 0.254 e. The number of aromatic nitrogens is 3. The molecule has 0 spiro atoms. The minimum absolute atomic E-state index is 0.345. The number of rotatable bonds is 7. The molecule has 2 aromatic carbocycles. The van der Waals surface area contributed by atoms with E-state index in [2.05, 4.69) is 20.4 Å². The van der Waals surface area contributed by atoms with Gasteiger partial charge in [-0.3, -0.25) is 9.69 Å². The number of carbonyl (C=O) groups excluding carboxylic acids is 1. The molecule has 1 atom stereocenters. The van der Waals surface area contributed by atoms with E-state index in [4.69, 9.17) is 9.47 Å². The van der Waals surface area contributed by atoms with Crippen LogP contribution in [-0.2, 0) is 19.5 Å². The summed E-state index contributed by atoms with van der Waals surface area (Å²) in [5, 5.41) is 11.3. The molecule has 8 nitrogen and oxygen atoms in total. The fraction of sp³-hybridized carbons (Fsp3) is 0.375. The number of benzene rings is 2. The summed E-state index contributed by atoms with van der Waals surface area (Å²) in [6.45, 7) is 4.63. The molecule has 0 saturated carbocycles. The summed E-state index contributed by atoms with van der Waals surface area (Å²) in [4.78, 5) is 14.8. The van der Waals surface area contributed by atoms with E-state index in [0.717, 1.165) is 54.2 Å². The van der Waals surface area contributed by atoms with E-state index in [1.807, 2.05) is 22.8 Å². The van der Waals surface area contributed by atoms with Crippen LogP contribution < -0.4 is 14.8 Å². The Kier molecular flexibility index (Phi) is 7.06. The van der Waals surface area contributed by atoms with Gasteiger partial charge in [0, 0.05) is 38.7 Å². The van der Waals surface area contributed by atoms with E-state index < -0.39 is 23.6 Å². The van der Waals surface area contributed by atoms with E-state index in [-0.39, 0.29) is 5.56 Å². The van der Waals surface area contributed by atoms with Crippen LogP contribution in [0.15, 0.2) is 36.4 Å². The highest BCUT2D eigenvalue weighted by Gasteiger charge is 2.24. The average molecular weight is 472 g/mol. The molecule has 0 bridgehead atoms. The predicted molar refractivity (Wildman–Crippen MR) is 121 cm³/mol. The zero-order valence-corrected chi connectivity index (χ0v) is 19.3. The molecule has 0 radical (unpaired) electrons. The summed E-state index contributed by atoms with van der Waals surface area (Å²) in [6.07, 6.45) is 0.688. The normalized spacial score (nSPS) is 14.7. The van der Waals surface area contributed by atoms with Gasteiger partial charge in [0.15, 0.2) is 5.82 Å². The van der Waals surface area contributed by atoms with Gasteiger partial charge >= 0.3 is 0 Å². The highest BCUT2D eigenvalue weighted by Crippen LogP contribution is 2.24. The van der Waals surface area contributed by atoms with E-state index in [1.165, 1.54) is 0 Å². The second kappa shape index (κ2) is 10.2. The lowest BCUT2D eigenvalue weighted by molar-refractivity contribution is 0.0933. The van der Waals surface area contributed by atoms with Crippen LogP contribution in [0.25, 0.3) is 0 Å². The molecule has 180 valence electrons. The van der Waals surface area contributed by atoms with Gasteiger partial charge in [-0.25, -0.2) is 8.78 Å². The third-order valence-corrected chi connectivity index (χ3v) is 5.87. The molecular weight excluding hydrogens is 444 g/mol. The molecule has 34 heavy (non-hydrogen) atoms. The van der Waals surface area contributed by atoms with Crippen LogP contribution in [0.2, 0.25) is 0 Å². The Balaban J connectivity index is 1.44. The number of methoxy groups -OCH3 is 2. The number of ether oxygens (including phenoxy) is 2. The summed E-state index contributed by atoms with van der Waals surface area (Å²) in [7, 11) is 3.25. The lowest BCUT2D eigenvalue weighted by atomic mass is 10.1. The summed E-state index contributed by atoms with van der Waals surface area (Å²) < 4.78 is 40.2. The smallest absolute Gasteiger partial charge is 0.254 e. The fourth-order valence-electron chi connectivity index (χ4n) is 4.09. The molecule has 0 aliphatic carbocycles. The van der Waals surface area contributed by atoms with Gasteiger partial charge in [0.2, 0.25) is 0 Å². The van der Waals surface area contributed by atoms with Gasteiger partial charge in [0.1, 0.15) is 29.0 Å². The van der Waals surface area contributed by atoms with Crippen LogP contribution in [0.5, 0.6) is 11.5 Å². The van der Waals surface area contributed by atoms with Crippen LogP contribution in [-0.4, -0.2) is 52.9 Å². The van der Waals surface area contributed by atoms with Gasteiger partial charge in [-0.2, -0.15) is 0 Å². The van der Waals surface area contributed by atoms with E-state index >= 15 is 0 Å². The predicted octanol–water partition coefficient (Wildman–Crippen LogP) is 3.12. The zero-order chi connectivity index (χ0) is 24.2. The van der Waals surface area contributed by atoms with Crippen molar-refractivity contribution in [3.05, 3.63) is 70.8 Å². The molecule has 1 aliphatic rings. The first-order chi connectivity index (χ1) is 16.4. The van der Waals surface area contributed by atoms with Crippen LogP contribution >= 0.6 is 0 Å². The number of hydrogen-bond donors (Lipinski definition) is 1. The van der Waals surface area contributed by atoms with Crippen molar-refractivity contribution >= 4 is 5.91 Å². The number of carbonyl (C=O) groups is 1. The van der Waals surface area contributed by atoms with Crippen molar-refractivity contribution in [2.45, 2.75) is 32.5 Å². The zero-order valence-electron chi connectivity index (χ0n) is 19.3. The maximum absolute atomic E-state index is 14.0. The SMILES string of the molecule is COc1cc(CN2CCc3nnc([C@@H](C)NC(=O)c4cc(F)ccc4F)n3CC2)cc(OC)c1. The molecule has 1 amide bonds. The molecule has 10 heteroatoms. The average Bonchev–Trinajstić information content (AvgIpc) is 3.14. The summed E-state index contributed by atoms with van der Waals surface area (Å²) >= 11 is 0. The Morgan fingerprint density at radius 1 is 1.06 bits per heavy atom. The van der Waals surface area contributed by atoms with Gasteiger partial charge < -0.3 is 19.4 Å².